The van der Waals surface area contributed by atoms with Gasteiger partial charge in [0.2, 0.25) is 5.91 Å². The number of benzene rings is 1. The number of hydrazine groups is 1. The van der Waals surface area contributed by atoms with E-state index in [0.29, 0.717) is 6.42 Å². The summed E-state index contributed by atoms with van der Waals surface area (Å²) >= 11 is 0. The average Bonchev–Trinajstić information content (AvgIpc) is 2.54. The van der Waals surface area contributed by atoms with Gasteiger partial charge in [0.25, 0.3) is 0 Å². The molecule has 2 heterocycles. The van der Waals surface area contributed by atoms with E-state index >= 15 is 0 Å². The lowest BCUT2D eigenvalue weighted by molar-refractivity contribution is -0.119. The van der Waals surface area contributed by atoms with Gasteiger partial charge in [-0.05, 0) is 11.6 Å². The van der Waals surface area contributed by atoms with Crippen molar-refractivity contribution in [2.24, 2.45) is 0 Å². The van der Waals surface area contributed by atoms with Crippen molar-refractivity contribution < 1.29 is 4.79 Å². The van der Waals surface area contributed by atoms with Crippen LogP contribution in [-0.2, 0) is 4.79 Å². The van der Waals surface area contributed by atoms with Crippen LogP contribution in [0, 0.1) is 0 Å². The van der Waals surface area contributed by atoms with Gasteiger partial charge in [0.05, 0.1) is 17.6 Å². The highest BCUT2D eigenvalue weighted by Crippen LogP contribution is 2.32. The summed E-state index contributed by atoms with van der Waals surface area (Å²) in [4.78, 5) is 16.2. The fraction of sp³-hybridized carbons (Fsp3) is 0.200. The highest BCUT2D eigenvalue weighted by Gasteiger charge is 2.27. The summed E-state index contributed by atoms with van der Waals surface area (Å²) in [6.45, 7) is 1.85. The number of anilines is 2. The summed E-state index contributed by atoms with van der Waals surface area (Å²) in [6.07, 6.45) is 3.71. The van der Waals surface area contributed by atoms with E-state index < -0.39 is 0 Å². The lowest BCUT2D eigenvalue weighted by Crippen LogP contribution is -2.50. The Morgan fingerprint density at radius 2 is 2.10 bits per heavy atom. The van der Waals surface area contributed by atoms with Gasteiger partial charge in [-0.3, -0.25) is 9.78 Å². The zero-order valence-electron chi connectivity index (χ0n) is 11.2. The lowest BCUT2D eigenvalue weighted by atomic mass is 10.1. The molecular formula is C15H16N4O. The molecule has 0 spiro atoms. The van der Waals surface area contributed by atoms with E-state index in [0.717, 1.165) is 16.9 Å². The van der Waals surface area contributed by atoms with Crippen LogP contribution in [0.15, 0.2) is 48.8 Å². The Kier molecular flexibility index (Phi) is 3.35. The molecular weight excluding hydrogens is 252 g/mol. The number of carbonyl (C=O) groups excluding carboxylic acids is 1. The Balaban J connectivity index is 1.98. The zero-order valence-corrected chi connectivity index (χ0v) is 11.2. The molecule has 1 atom stereocenters. The smallest absolute Gasteiger partial charge is 0.241 e. The minimum atomic E-state index is -0.150. The molecule has 3 rings (SSSR count). The van der Waals surface area contributed by atoms with E-state index in [2.05, 4.69) is 15.7 Å². The lowest BCUT2D eigenvalue weighted by Gasteiger charge is -2.36. The second-order valence-corrected chi connectivity index (χ2v) is 4.59. The molecule has 1 aliphatic rings. The number of fused-ring (bicyclic) bond motifs is 1. The van der Waals surface area contributed by atoms with Crippen molar-refractivity contribution in [2.75, 3.05) is 10.3 Å². The van der Waals surface area contributed by atoms with Gasteiger partial charge in [-0.2, -0.15) is 0 Å². The molecule has 0 radical (unpaired) electrons. The molecule has 5 nitrogen and oxygen atoms in total. The first-order valence-electron chi connectivity index (χ1n) is 6.64. The van der Waals surface area contributed by atoms with E-state index in [-0.39, 0.29) is 12.1 Å². The van der Waals surface area contributed by atoms with Crippen LogP contribution in [0.5, 0.6) is 0 Å². The monoisotopic (exact) mass is 268 g/mol. The normalized spacial score (nSPS) is 17.2. The summed E-state index contributed by atoms with van der Waals surface area (Å²) in [7, 11) is 0. The van der Waals surface area contributed by atoms with Gasteiger partial charge in [-0.15, -0.1) is 0 Å². The van der Waals surface area contributed by atoms with E-state index in [1.807, 2.05) is 43.3 Å². The molecule has 0 bridgehead atoms. The molecule has 1 aromatic carbocycles. The third kappa shape index (κ3) is 2.23. The Morgan fingerprint density at radius 3 is 2.85 bits per heavy atom. The first-order valence-corrected chi connectivity index (χ1v) is 6.64. The van der Waals surface area contributed by atoms with Gasteiger partial charge >= 0.3 is 0 Å². The summed E-state index contributed by atoms with van der Waals surface area (Å²) < 4.78 is 0. The van der Waals surface area contributed by atoms with E-state index in [1.165, 1.54) is 0 Å². The number of carbonyl (C=O) groups is 1. The predicted molar refractivity (Wildman–Crippen MR) is 78.0 cm³/mol. The summed E-state index contributed by atoms with van der Waals surface area (Å²) in [6, 6.07) is 11.8. The van der Waals surface area contributed by atoms with Crippen LogP contribution in [0.1, 0.15) is 25.1 Å². The van der Waals surface area contributed by atoms with Gasteiger partial charge in [0.1, 0.15) is 6.17 Å². The third-order valence-electron chi connectivity index (χ3n) is 3.28. The van der Waals surface area contributed by atoms with Crippen molar-refractivity contribution in [1.29, 1.82) is 0 Å². The Labute approximate surface area is 117 Å². The fourth-order valence-electron chi connectivity index (χ4n) is 2.25. The number of nitrogens with one attached hydrogen (secondary N) is 2. The van der Waals surface area contributed by atoms with E-state index in [4.69, 9.17) is 0 Å². The standard InChI is InChI=1S/C15H16N4O/c1-2-14(20)19-13-8-9-16-10-12(13)17-15(18-19)11-6-4-3-5-7-11/h3-10,15,17-18H,2H2,1H3. The van der Waals surface area contributed by atoms with Crippen molar-refractivity contribution in [3.05, 3.63) is 54.4 Å². The molecule has 1 unspecified atom stereocenters. The Hall–Kier alpha value is -2.40. The van der Waals surface area contributed by atoms with Gasteiger partial charge in [-0.1, -0.05) is 37.3 Å². The molecule has 5 heteroatoms. The van der Waals surface area contributed by atoms with Crippen molar-refractivity contribution in [2.45, 2.75) is 19.5 Å². The number of pyridine rings is 1. The highest BCUT2D eigenvalue weighted by atomic mass is 16.2. The van der Waals surface area contributed by atoms with Crippen LogP contribution in [0.25, 0.3) is 0 Å². The highest BCUT2D eigenvalue weighted by molar-refractivity contribution is 5.96. The topological polar surface area (TPSA) is 57.3 Å². The fourth-order valence-corrected chi connectivity index (χ4v) is 2.25. The second kappa shape index (κ2) is 5.30. The first-order chi connectivity index (χ1) is 9.79. The largest absolute Gasteiger partial charge is 0.362 e. The SMILES string of the molecule is CCC(=O)N1NC(c2ccccc2)Nc2cnccc21. The van der Waals surface area contributed by atoms with Crippen molar-refractivity contribution in [3.8, 4) is 0 Å². The Morgan fingerprint density at radius 1 is 1.30 bits per heavy atom. The van der Waals surface area contributed by atoms with Gasteiger partial charge in [-0.25, -0.2) is 10.4 Å². The van der Waals surface area contributed by atoms with Gasteiger partial charge in [0, 0.05) is 12.6 Å². The average molecular weight is 268 g/mol. The maximum absolute atomic E-state index is 12.1. The van der Waals surface area contributed by atoms with Crippen molar-refractivity contribution >= 4 is 17.3 Å². The van der Waals surface area contributed by atoms with E-state index in [9.17, 15) is 4.79 Å². The third-order valence-corrected chi connectivity index (χ3v) is 3.28. The predicted octanol–water partition coefficient (Wildman–Crippen LogP) is 2.45. The van der Waals surface area contributed by atoms with E-state index in [1.54, 1.807) is 17.4 Å². The second-order valence-electron chi connectivity index (χ2n) is 4.59. The quantitative estimate of drug-likeness (QED) is 0.878. The summed E-state index contributed by atoms with van der Waals surface area (Å²) in [5, 5.41) is 4.96. The maximum atomic E-state index is 12.1. The zero-order chi connectivity index (χ0) is 13.9. The summed E-state index contributed by atoms with van der Waals surface area (Å²) in [5.74, 6) is 0.0277. The molecule has 1 amide bonds. The number of nitrogens with zero attached hydrogens (tertiary/aromatic N) is 2. The molecule has 0 aliphatic carbocycles. The van der Waals surface area contributed by atoms with Crippen molar-refractivity contribution in [1.82, 2.24) is 10.4 Å². The molecule has 102 valence electrons. The van der Waals surface area contributed by atoms with Gasteiger partial charge < -0.3 is 5.32 Å². The molecule has 0 saturated heterocycles. The first kappa shape index (κ1) is 12.6. The molecule has 20 heavy (non-hydrogen) atoms. The summed E-state index contributed by atoms with van der Waals surface area (Å²) in [5.41, 5.74) is 5.94. The van der Waals surface area contributed by atoms with Crippen LogP contribution >= 0.6 is 0 Å². The molecule has 0 saturated carbocycles. The number of aromatic nitrogens is 1. The van der Waals surface area contributed by atoms with Crippen LogP contribution in [0.3, 0.4) is 0 Å². The molecule has 2 N–H and O–H groups in total. The number of hydrogen-bond acceptors (Lipinski definition) is 4. The number of amides is 1. The van der Waals surface area contributed by atoms with Crippen LogP contribution in [0.2, 0.25) is 0 Å². The van der Waals surface area contributed by atoms with Gasteiger partial charge in [0.15, 0.2) is 0 Å². The van der Waals surface area contributed by atoms with Crippen LogP contribution in [-0.4, -0.2) is 10.9 Å². The molecule has 2 aromatic rings. The maximum Gasteiger partial charge on any atom is 0.241 e. The molecule has 0 fully saturated rings. The Bertz CT molecular complexity index is 614. The van der Waals surface area contributed by atoms with Crippen LogP contribution in [0.4, 0.5) is 11.4 Å². The molecule has 1 aliphatic heterocycles. The minimum Gasteiger partial charge on any atom is -0.362 e. The minimum absolute atomic E-state index is 0.0277. The van der Waals surface area contributed by atoms with Crippen molar-refractivity contribution in [3.63, 3.8) is 0 Å². The molecule has 1 aromatic heterocycles. The number of rotatable bonds is 2. The van der Waals surface area contributed by atoms with Crippen LogP contribution < -0.4 is 15.8 Å². The number of hydrogen-bond donors (Lipinski definition) is 2.